The Morgan fingerprint density at radius 3 is 2.35 bits per heavy atom. The number of carbonyl (C=O) groups is 2. The van der Waals surface area contributed by atoms with Gasteiger partial charge in [-0.2, -0.15) is 13.2 Å². The van der Waals surface area contributed by atoms with Gasteiger partial charge in [-0.15, -0.1) is 11.8 Å². The monoisotopic (exact) mass is 492 g/mol. The van der Waals surface area contributed by atoms with Gasteiger partial charge in [0.15, 0.2) is 0 Å². The fourth-order valence-corrected chi connectivity index (χ4v) is 3.88. The van der Waals surface area contributed by atoms with Gasteiger partial charge in [-0.3, -0.25) is 19.1 Å². The van der Waals surface area contributed by atoms with E-state index in [9.17, 15) is 27.6 Å². The molecule has 1 heterocycles. The lowest BCUT2D eigenvalue weighted by Crippen LogP contribution is -2.26. The van der Waals surface area contributed by atoms with Crippen LogP contribution in [0.15, 0.2) is 59.4 Å². The summed E-state index contributed by atoms with van der Waals surface area (Å²) < 4.78 is 41.4. The molecule has 0 saturated carbocycles. The third kappa shape index (κ3) is 6.10. The number of nitrogens with zero attached hydrogens (tertiary/aromatic N) is 2. The molecule has 11 heteroatoms. The molecule has 0 bridgehead atoms. The molecule has 0 spiro atoms. The molecule has 0 radical (unpaired) electrons. The van der Waals surface area contributed by atoms with Crippen molar-refractivity contribution in [2.24, 2.45) is 7.05 Å². The van der Waals surface area contributed by atoms with Crippen LogP contribution >= 0.6 is 11.8 Å². The largest absolute Gasteiger partial charge is 0.416 e. The van der Waals surface area contributed by atoms with Crippen molar-refractivity contribution in [3.63, 3.8) is 0 Å². The highest BCUT2D eigenvalue weighted by molar-refractivity contribution is 8.00. The number of aromatic nitrogens is 2. The van der Waals surface area contributed by atoms with Crippen LogP contribution in [0.5, 0.6) is 0 Å². The van der Waals surface area contributed by atoms with E-state index in [0.29, 0.717) is 16.9 Å². The maximum atomic E-state index is 12.8. The molecule has 2 N–H and O–H groups in total. The van der Waals surface area contributed by atoms with Crippen LogP contribution in [0, 0.1) is 6.92 Å². The summed E-state index contributed by atoms with van der Waals surface area (Å²) in [6, 6.07) is 13.7. The average molecular weight is 493 g/mol. The zero-order valence-corrected chi connectivity index (χ0v) is 19.3. The Hall–Kier alpha value is -3.47. The molecular weight excluding hydrogens is 469 g/mol. The van der Waals surface area contributed by atoms with E-state index in [0.717, 1.165) is 23.9 Å². The van der Waals surface area contributed by atoms with E-state index in [2.05, 4.69) is 10.6 Å². The predicted molar refractivity (Wildman–Crippen MR) is 125 cm³/mol. The van der Waals surface area contributed by atoms with Gasteiger partial charge in [0.25, 0.3) is 5.56 Å². The number of hydrogen-bond acceptors (Lipinski definition) is 4. The van der Waals surface area contributed by atoms with Crippen molar-refractivity contribution in [2.75, 3.05) is 16.8 Å². The third-order valence-electron chi connectivity index (χ3n) is 5.03. The first-order chi connectivity index (χ1) is 16.1. The highest BCUT2D eigenvalue weighted by Crippen LogP contribution is 2.29. The van der Waals surface area contributed by atoms with E-state index in [-0.39, 0.29) is 29.3 Å². The van der Waals surface area contributed by atoms with Crippen molar-refractivity contribution in [3.05, 3.63) is 81.8 Å². The van der Waals surface area contributed by atoms with Crippen molar-refractivity contribution in [1.82, 2.24) is 14.7 Å². The van der Waals surface area contributed by atoms with Gasteiger partial charge in [0.2, 0.25) is 11.8 Å². The summed E-state index contributed by atoms with van der Waals surface area (Å²) in [6.45, 7) is 1.66. The summed E-state index contributed by atoms with van der Waals surface area (Å²) in [5.41, 5.74) is 0.554. The number of halogens is 3. The minimum Gasteiger partial charge on any atom is -0.351 e. The lowest BCUT2D eigenvalue weighted by molar-refractivity contribution is -0.137. The van der Waals surface area contributed by atoms with E-state index in [4.69, 9.17) is 0 Å². The minimum atomic E-state index is -4.45. The Morgan fingerprint density at radius 1 is 1.00 bits per heavy atom. The van der Waals surface area contributed by atoms with E-state index in [1.54, 1.807) is 42.9 Å². The number of para-hydroxylation sites is 1. The number of nitrogens with one attached hydrogen (secondary N) is 2. The predicted octanol–water partition coefficient (Wildman–Crippen LogP) is 3.49. The zero-order chi connectivity index (χ0) is 24.9. The second kappa shape index (κ2) is 10.6. The Morgan fingerprint density at radius 2 is 1.68 bits per heavy atom. The summed E-state index contributed by atoms with van der Waals surface area (Å²) in [5.74, 6) is -0.996. The van der Waals surface area contributed by atoms with E-state index in [1.807, 2.05) is 6.07 Å². The molecular formula is C23H23F3N4O3S. The number of carbonyl (C=O) groups excluding carboxylic acids is 2. The lowest BCUT2D eigenvalue weighted by Gasteiger charge is -2.09. The van der Waals surface area contributed by atoms with Gasteiger partial charge in [-0.1, -0.05) is 30.3 Å². The Kier molecular flexibility index (Phi) is 7.87. The molecule has 0 aliphatic rings. The quantitative estimate of drug-likeness (QED) is 0.504. The number of thioether (sulfide) groups is 1. The van der Waals surface area contributed by atoms with Crippen molar-refractivity contribution < 1.29 is 22.8 Å². The van der Waals surface area contributed by atoms with Crippen LogP contribution < -0.4 is 16.2 Å². The third-order valence-corrected chi connectivity index (χ3v) is 5.96. The minimum absolute atomic E-state index is 0.0578. The van der Waals surface area contributed by atoms with E-state index >= 15 is 0 Å². The Bertz CT molecular complexity index is 1240. The van der Waals surface area contributed by atoms with Crippen molar-refractivity contribution in [3.8, 4) is 5.69 Å². The number of benzene rings is 2. The number of alkyl halides is 3. The summed E-state index contributed by atoms with van der Waals surface area (Å²) in [6.07, 6.45) is -4.45. The average Bonchev–Trinajstić information content (AvgIpc) is 3.01. The van der Waals surface area contributed by atoms with Gasteiger partial charge >= 0.3 is 6.18 Å². The molecule has 3 rings (SSSR count). The van der Waals surface area contributed by atoms with Crippen LogP contribution in [0.4, 0.5) is 18.9 Å². The van der Waals surface area contributed by atoms with Crippen molar-refractivity contribution in [2.45, 2.75) is 19.6 Å². The normalized spacial score (nSPS) is 11.3. The molecule has 0 aliphatic heterocycles. The van der Waals surface area contributed by atoms with Crippen LogP contribution in [0.1, 0.15) is 16.8 Å². The number of hydrogen-bond donors (Lipinski definition) is 2. The van der Waals surface area contributed by atoms with Crippen LogP contribution in [-0.4, -0.2) is 32.7 Å². The molecule has 1 aromatic heterocycles. The maximum Gasteiger partial charge on any atom is 0.416 e. The zero-order valence-electron chi connectivity index (χ0n) is 18.5. The summed E-state index contributed by atoms with van der Waals surface area (Å²) in [7, 11) is 1.71. The standard InChI is InChI=1S/C23H23F3N4O3S/c1-15-21(22(33)30(29(15)2)18-9-4-3-5-10-18)28-20(32)14-34-13-19(31)27-12-16-7-6-8-17(11-16)23(24,25)26/h3-11H,12-14H2,1-2H3,(H,27,31)(H,28,32). The SMILES string of the molecule is Cc1c(NC(=O)CSCC(=O)NCc2cccc(C(F)(F)F)c2)c(=O)n(-c2ccccc2)n1C. The van der Waals surface area contributed by atoms with Gasteiger partial charge in [-0.05, 0) is 36.8 Å². The highest BCUT2D eigenvalue weighted by atomic mass is 32.2. The molecule has 2 amide bonds. The number of rotatable bonds is 8. The molecule has 0 atom stereocenters. The number of anilines is 1. The first-order valence-electron chi connectivity index (χ1n) is 10.2. The first kappa shape index (κ1) is 25.2. The van der Waals surface area contributed by atoms with Gasteiger partial charge in [0, 0.05) is 13.6 Å². The first-order valence-corrected chi connectivity index (χ1v) is 11.4. The van der Waals surface area contributed by atoms with Gasteiger partial charge in [0.1, 0.15) is 5.69 Å². The van der Waals surface area contributed by atoms with E-state index < -0.39 is 23.6 Å². The van der Waals surface area contributed by atoms with Crippen molar-refractivity contribution >= 4 is 29.3 Å². The van der Waals surface area contributed by atoms with Crippen molar-refractivity contribution in [1.29, 1.82) is 0 Å². The fourth-order valence-electron chi connectivity index (χ4n) is 3.23. The summed E-state index contributed by atoms with van der Waals surface area (Å²) in [5, 5.41) is 5.14. The lowest BCUT2D eigenvalue weighted by atomic mass is 10.1. The molecule has 0 aliphatic carbocycles. The molecule has 180 valence electrons. The molecule has 3 aromatic rings. The van der Waals surface area contributed by atoms with Gasteiger partial charge < -0.3 is 10.6 Å². The molecule has 0 fully saturated rings. The molecule has 34 heavy (non-hydrogen) atoms. The van der Waals surface area contributed by atoms with Crippen LogP contribution in [0.3, 0.4) is 0 Å². The number of amides is 2. The van der Waals surface area contributed by atoms with E-state index in [1.165, 1.54) is 16.8 Å². The molecule has 2 aromatic carbocycles. The van der Waals surface area contributed by atoms with Crippen LogP contribution in [0.25, 0.3) is 5.69 Å². The summed E-state index contributed by atoms with van der Waals surface area (Å²) in [4.78, 5) is 37.2. The fraction of sp³-hybridized carbons (Fsp3) is 0.261. The maximum absolute atomic E-state index is 12.8. The summed E-state index contributed by atoms with van der Waals surface area (Å²) >= 11 is 1.03. The Balaban J connectivity index is 1.51. The second-order valence-electron chi connectivity index (χ2n) is 7.45. The highest BCUT2D eigenvalue weighted by Gasteiger charge is 2.30. The Labute approximate surface area is 197 Å². The smallest absolute Gasteiger partial charge is 0.351 e. The molecule has 0 saturated heterocycles. The molecule has 0 unspecified atom stereocenters. The molecule has 7 nitrogen and oxygen atoms in total. The van der Waals surface area contributed by atoms with Crippen LogP contribution in [-0.2, 0) is 29.4 Å². The van der Waals surface area contributed by atoms with Crippen LogP contribution in [0.2, 0.25) is 0 Å². The van der Waals surface area contributed by atoms with Gasteiger partial charge in [0.05, 0.1) is 28.5 Å². The van der Waals surface area contributed by atoms with Gasteiger partial charge in [-0.25, -0.2) is 4.68 Å². The topological polar surface area (TPSA) is 85.1 Å². The second-order valence-corrected chi connectivity index (χ2v) is 8.44.